The first-order valence-electron chi connectivity index (χ1n) is 11.2. The van der Waals surface area contributed by atoms with Gasteiger partial charge in [0.2, 0.25) is 0 Å². The molecule has 2 aliphatic heterocycles. The zero-order valence-electron chi connectivity index (χ0n) is 19.0. The Morgan fingerprint density at radius 1 is 1.00 bits per heavy atom. The van der Waals surface area contributed by atoms with Gasteiger partial charge in [-0.3, -0.25) is 9.59 Å². The van der Waals surface area contributed by atoms with Gasteiger partial charge in [-0.15, -0.1) is 0 Å². The summed E-state index contributed by atoms with van der Waals surface area (Å²) in [4.78, 5) is 30.6. The van der Waals surface area contributed by atoms with Gasteiger partial charge in [0.05, 0.1) is 17.4 Å². The molecule has 0 unspecified atom stereocenters. The number of halogens is 1. The number of anilines is 1. The summed E-state index contributed by atoms with van der Waals surface area (Å²) in [5, 5.41) is 0.528. The molecule has 168 valence electrons. The second-order valence-electron chi connectivity index (χ2n) is 8.96. The molecule has 2 heterocycles. The zero-order chi connectivity index (χ0) is 23.0. The quantitative estimate of drug-likeness (QED) is 0.566. The number of rotatable bonds is 5. The summed E-state index contributed by atoms with van der Waals surface area (Å²) >= 11 is 6.31. The molecule has 0 bridgehead atoms. The lowest BCUT2D eigenvalue weighted by Crippen LogP contribution is -2.38. The van der Waals surface area contributed by atoms with E-state index < -0.39 is 0 Å². The molecule has 1 saturated heterocycles. The van der Waals surface area contributed by atoms with Crippen LogP contribution in [0.5, 0.6) is 5.75 Å². The second-order valence-corrected chi connectivity index (χ2v) is 9.37. The standard InChI is InChI=1S/C26H29ClN2O3/c1-16(2)32-21-9-6-19(7-10-21)23-24(28-13-11-17(3)12-14-28)26(31)29(25(23)30)20-8-5-18(4)22(27)15-20/h5-10,15-17H,11-14H2,1-4H3. The number of amides is 2. The number of aryl methyl sites for hydroxylation is 1. The van der Waals surface area contributed by atoms with Crippen molar-refractivity contribution in [3.05, 3.63) is 64.3 Å². The molecule has 2 aliphatic rings. The van der Waals surface area contributed by atoms with Gasteiger partial charge in [-0.1, -0.05) is 36.7 Å². The number of nitrogens with zero attached hydrogens (tertiary/aromatic N) is 2. The molecule has 6 heteroatoms. The molecule has 0 aromatic heterocycles. The van der Waals surface area contributed by atoms with Gasteiger partial charge in [-0.2, -0.15) is 0 Å². The smallest absolute Gasteiger partial charge is 0.282 e. The molecule has 0 radical (unpaired) electrons. The van der Waals surface area contributed by atoms with Gasteiger partial charge < -0.3 is 9.64 Å². The van der Waals surface area contributed by atoms with Gasteiger partial charge in [0.1, 0.15) is 11.4 Å². The molecule has 0 spiro atoms. The van der Waals surface area contributed by atoms with E-state index in [0.717, 1.165) is 37.2 Å². The second kappa shape index (κ2) is 8.99. The Labute approximate surface area is 194 Å². The number of carbonyl (C=O) groups excluding carboxylic acids is 2. The van der Waals surface area contributed by atoms with Crippen LogP contribution in [0.4, 0.5) is 5.69 Å². The number of likely N-dealkylation sites (tertiary alicyclic amines) is 1. The normalized spacial score (nSPS) is 17.7. The monoisotopic (exact) mass is 452 g/mol. The van der Waals surface area contributed by atoms with E-state index >= 15 is 0 Å². The van der Waals surface area contributed by atoms with Gasteiger partial charge in [0.15, 0.2) is 0 Å². The summed E-state index contributed by atoms with van der Waals surface area (Å²) in [7, 11) is 0. The van der Waals surface area contributed by atoms with Crippen molar-refractivity contribution in [1.82, 2.24) is 4.90 Å². The first-order valence-corrected chi connectivity index (χ1v) is 11.5. The third-order valence-corrected chi connectivity index (χ3v) is 6.49. The highest BCUT2D eigenvalue weighted by molar-refractivity contribution is 6.45. The fourth-order valence-electron chi connectivity index (χ4n) is 4.23. The molecular weight excluding hydrogens is 424 g/mol. The van der Waals surface area contributed by atoms with E-state index in [2.05, 4.69) is 11.8 Å². The zero-order valence-corrected chi connectivity index (χ0v) is 19.8. The summed E-state index contributed by atoms with van der Waals surface area (Å²) in [6.45, 7) is 9.57. The summed E-state index contributed by atoms with van der Waals surface area (Å²) in [5.41, 5.74) is 3.03. The van der Waals surface area contributed by atoms with Crippen molar-refractivity contribution in [3.63, 3.8) is 0 Å². The minimum Gasteiger partial charge on any atom is -0.491 e. The van der Waals surface area contributed by atoms with E-state index in [-0.39, 0.29) is 17.9 Å². The Bertz CT molecular complexity index is 1070. The number of piperidine rings is 1. The van der Waals surface area contributed by atoms with E-state index in [4.69, 9.17) is 16.3 Å². The maximum absolute atomic E-state index is 13.6. The van der Waals surface area contributed by atoms with Crippen molar-refractivity contribution in [2.45, 2.75) is 46.6 Å². The van der Waals surface area contributed by atoms with Crippen LogP contribution in [0.15, 0.2) is 48.2 Å². The molecule has 0 saturated carbocycles. The van der Waals surface area contributed by atoms with Crippen LogP contribution in [0.2, 0.25) is 5.02 Å². The topological polar surface area (TPSA) is 49.9 Å². The highest BCUT2D eigenvalue weighted by atomic mass is 35.5. The highest BCUT2D eigenvalue weighted by Gasteiger charge is 2.43. The van der Waals surface area contributed by atoms with E-state index in [1.165, 1.54) is 4.90 Å². The maximum Gasteiger partial charge on any atom is 0.282 e. The van der Waals surface area contributed by atoms with Crippen LogP contribution in [0, 0.1) is 12.8 Å². The summed E-state index contributed by atoms with van der Waals surface area (Å²) in [6, 6.07) is 12.7. The van der Waals surface area contributed by atoms with E-state index in [0.29, 0.717) is 33.5 Å². The number of benzene rings is 2. The highest BCUT2D eigenvalue weighted by Crippen LogP contribution is 2.37. The Hall–Kier alpha value is -2.79. The van der Waals surface area contributed by atoms with Crippen molar-refractivity contribution >= 4 is 34.7 Å². The number of ether oxygens (including phenoxy) is 1. The summed E-state index contributed by atoms with van der Waals surface area (Å²) in [6.07, 6.45) is 2.05. The number of hydrogen-bond acceptors (Lipinski definition) is 4. The van der Waals surface area contributed by atoms with Crippen LogP contribution in [0.3, 0.4) is 0 Å². The largest absolute Gasteiger partial charge is 0.491 e. The summed E-state index contributed by atoms with van der Waals surface area (Å²) < 4.78 is 5.75. The van der Waals surface area contributed by atoms with E-state index in [1.807, 2.05) is 51.1 Å². The Balaban J connectivity index is 1.76. The fraction of sp³-hybridized carbons (Fsp3) is 0.385. The third kappa shape index (κ3) is 4.26. The van der Waals surface area contributed by atoms with Crippen LogP contribution >= 0.6 is 11.6 Å². The van der Waals surface area contributed by atoms with E-state index in [9.17, 15) is 9.59 Å². The Morgan fingerprint density at radius 3 is 2.25 bits per heavy atom. The lowest BCUT2D eigenvalue weighted by molar-refractivity contribution is -0.120. The lowest BCUT2D eigenvalue weighted by atomic mass is 9.97. The number of hydrogen-bond donors (Lipinski definition) is 0. The number of carbonyl (C=O) groups is 2. The van der Waals surface area contributed by atoms with Crippen molar-refractivity contribution in [2.75, 3.05) is 18.0 Å². The van der Waals surface area contributed by atoms with Gasteiger partial charge in [0, 0.05) is 18.1 Å². The van der Waals surface area contributed by atoms with Gasteiger partial charge in [0.25, 0.3) is 11.8 Å². The van der Waals surface area contributed by atoms with E-state index in [1.54, 1.807) is 12.1 Å². The van der Waals surface area contributed by atoms with Crippen LogP contribution in [0.1, 0.15) is 44.7 Å². The van der Waals surface area contributed by atoms with Crippen molar-refractivity contribution in [3.8, 4) is 5.75 Å². The first-order chi connectivity index (χ1) is 15.3. The average molecular weight is 453 g/mol. The van der Waals surface area contributed by atoms with Crippen molar-refractivity contribution in [1.29, 1.82) is 0 Å². The first kappa shape index (κ1) is 22.4. The summed E-state index contributed by atoms with van der Waals surface area (Å²) in [5.74, 6) is 0.738. The van der Waals surface area contributed by atoms with Crippen molar-refractivity contribution in [2.24, 2.45) is 5.92 Å². The average Bonchev–Trinajstić information content (AvgIpc) is 3.01. The minimum atomic E-state index is -0.318. The molecule has 4 rings (SSSR count). The molecule has 0 N–H and O–H groups in total. The predicted molar refractivity (Wildman–Crippen MR) is 128 cm³/mol. The molecule has 0 aliphatic carbocycles. The van der Waals surface area contributed by atoms with Crippen LogP contribution in [-0.2, 0) is 9.59 Å². The SMILES string of the molecule is Cc1ccc(N2C(=O)C(c3ccc(OC(C)C)cc3)=C(N3CCC(C)CC3)C2=O)cc1Cl. The molecule has 2 aromatic carbocycles. The maximum atomic E-state index is 13.6. The molecule has 0 atom stereocenters. The Kier molecular flexibility index (Phi) is 6.29. The fourth-order valence-corrected chi connectivity index (χ4v) is 4.41. The van der Waals surface area contributed by atoms with Crippen LogP contribution in [-0.4, -0.2) is 35.9 Å². The molecule has 2 aromatic rings. The molecule has 1 fully saturated rings. The van der Waals surface area contributed by atoms with Gasteiger partial charge in [-0.25, -0.2) is 4.90 Å². The van der Waals surface area contributed by atoms with Crippen molar-refractivity contribution < 1.29 is 14.3 Å². The Morgan fingerprint density at radius 2 is 1.66 bits per heavy atom. The third-order valence-electron chi connectivity index (χ3n) is 6.09. The van der Waals surface area contributed by atoms with Crippen LogP contribution < -0.4 is 9.64 Å². The molecule has 32 heavy (non-hydrogen) atoms. The van der Waals surface area contributed by atoms with Crippen LogP contribution in [0.25, 0.3) is 5.57 Å². The lowest BCUT2D eigenvalue weighted by Gasteiger charge is -2.32. The molecule has 2 amide bonds. The predicted octanol–water partition coefficient (Wildman–Crippen LogP) is 5.45. The molecular formula is C26H29ClN2O3. The van der Waals surface area contributed by atoms with Gasteiger partial charge in [-0.05, 0) is 74.9 Å². The number of imide groups is 1. The minimum absolute atomic E-state index is 0.0578. The van der Waals surface area contributed by atoms with Gasteiger partial charge >= 0.3 is 0 Å². The molecule has 5 nitrogen and oxygen atoms in total.